The number of nitrogens with zero attached hydrogens (tertiary/aromatic N) is 1. The van der Waals surface area contributed by atoms with E-state index < -0.39 is 5.60 Å². The van der Waals surface area contributed by atoms with Crippen LogP contribution in [0.2, 0.25) is 0 Å². The number of aromatic amines is 1. The van der Waals surface area contributed by atoms with Gasteiger partial charge < -0.3 is 9.72 Å². The van der Waals surface area contributed by atoms with Crippen molar-refractivity contribution in [2.45, 2.75) is 26.4 Å². The molecule has 2 heterocycles. The number of fused-ring (bicyclic) bond motifs is 1. The minimum absolute atomic E-state index is 0.350. The topological polar surface area (TPSA) is 55.0 Å². The molecule has 2 rings (SSSR count). The molecule has 0 spiro atoms. The fraction of sp³-hybridized carbons (Fsp3) is 0.286. The number of H-pyrrole nitrogens is 1. The lowest BCUT2D eigenvalue weighted by Gasteiger charge is -2.17. The Bertz CT molecular complexity index is 591. The Labute approximate surface area is 106 Å². The molecule has 0 atom stereocenters. The maximum atomic E-state index is 11.5. The second-order valence-electron chi connectivity index (χ2n) is 5.05. The number of nitrogens with one attached hydrogen (secondary N) is 1. The van der Waals surface area contributed by atoms with Crippen molar-refractivity contribution in [3.8, 4) is 0 Å². The minimum Gasteiger partial charge on any atom is -0.457 e. The molecular formula is C14H16N2O2. The molecule has 0 saturated carbocycles. The van der Waals surface area contributed by atoms with E-state index in [1.165, 1.54) is 6.08 Å². The van der Waals surface area contributed by atoms with Crippen LogP contribution in [0.5, 0.6) is 0 Å². The highest BCUT2D eigenvalue weighted by Crippen LogP contribution is 2.13. The highest BCUT2D eigenvalue weighted by molar-refractivity contribution is 5.88. The molecule has 0 aliphatic carbocycles. The van der Waals surface area contributed by atoms with E-state index in [-0.39, 0.29) is 5.97 Å². The van der Waals surface area contributed by atoms with Gasteiger partial charge in [0.2, 0.25) is 0 Å². The standard InChI is InChI=1S/C14H16N2O2/c1-14(2,3)18-12(17)5-4-10-8-11-6-7-15-13(11)16-9-10/h4-9H,1-3H3,(H,15,16). The zero-order valence-corrected chi connectivity index (χ0v) is 10.7. The number of aromatic nitrogens is 2. The van der Waals surface area contributed by atoms with Crippen LogP contribution in [0.3, 0.4) is 0 Å². The fourth-order valence-electron chi connectivity index (χ4n) is 1.55. The first-order chi connectivity index (χ1) is 8.44. The van der Waals surface area contributed by atoms with Crippen LogP contribution in [0.4, 0.5) is 0 Å². The van der Waals surface area contributed by atoms with Crippen LogP contribution in [0.25, 0.3) is 17.1 Å². The first-order valence-electron chi connectivity index (χ1n) is 5.78. The molecule has 0 amide bonds. The molecule has 2 aromatic rings. The number of pyridine rings is 1. The van der Waals surface area contributed by atoms with Gasteiger partial charge in [0, 0.05) is 23.9 Å². The van der Waals surface area contributed by atoms with E-state index in [1.54, 1.807) is 12.3 Å². The Morgan fingerprint density at radius 3 is 2.94 bits per heavy atom. The predicted molar refractivity (Wildman–Crippen MR) is 71.0 cm³/mol. The number of rotatable bonds is 2. The van der Waals surface area contributed by atoms with Crippen LogP contribution in [0, 0.1) is 0 Å². The third-order valence-electron chi connectivity index (χ3n) is 2.24. The summed E-state index contributed by atoms with van der Waals surface area (Å²) in [5.41, 5.74) is 1.24. The summed E-state index contributed by atoms with van der Waals surface area (Å²) in [6.07, 6.45) is 6.66. The molecule has 0 saturated heterocycles. The number of carbonyl (C=O) groups excluding carboxylic acids is 1. The number of esters is 1. The maximum absolute atomic E-state index is 11.5. The van der Waals surface area contributed by atoms with Gasteiger partial charge in [0.05, 0.1) is 0 Å². The van der Waals surface area contributed by atoms with Gasteiger partial charge >= 0.3 is 5.97 Å². The summed E-state index contributed by atoms with van der Waals surface area (Å²) in [5.74, 6) is -0.350. The SMILES string of the molecule is CC(C)(C)OC(=O)C=Cc1cnc2[nH]ccc2c1. The summed E-state index contributed by atoms with van der Waals surface area (Å²) in [6.45, 7) is 5.52. The Balaban J connectivity index is 2.10. The molecule has 0 aromatic carbocycles. The molecular weight excluding hydrogens is 228 g/mol. The normalized spacial score (nSPS) is 12.2. The Kier molecular flexibility index (Phi) is 3.19. The molecule has 4 nitrogen and oxygen atoms in total. The number of ether oxygens (including phenoxy) is 1. The van der Waals surface area contributed by atoms with Gasteiger partial charge in [-0.3, -0.25) is 0 Å². The lowest BCUT2D eigenvalue weighted by atomic mass is 10.2. The summed E-state index contributed by atoms with van der Waals surface area (Å²) in [5, 5.41) is 1.02. The van der Waals surface area contributed by atoms with Crippen molar-refractivity contribution in [2.75, 3.05) is 0 Å². The van der Waals surface area contributed by atoms with Crippen molar-refractivity contribution in [1.82, 2.24) is 9.97 Å². The number of carbonyl (C=O) groups is 1. The lowest BCUT2D eigenvalue weighted by molar-refractivity contribution is -0.148. The van der Waals surface area contributed by atoms with Gasteiger partial charge in [-0.25, -0.2) is 9.78 Å². The molecule has 2 aromatic heterocycles. The molecule has 4 heteroatoms. The highest BCUT2D eigenvalue weighted by Gasteiger charge is 2.13. The van der Waals surface area contributed by atoms with Gasteiger partial charge in [0.15, 0.2) is 0 Å². The van der Waals surface area contributed by atoms with E-state index in [9.17, 15) is 4.79 Å². The predicted octanol–water partition coefficient (Wildman–Crippen LogP) is 2.92. The second-order valence-corrected chi connectivity index (χ2v) is 5.05. The molecule has 0 aliphatic heterocycles. The quantitative estimate of drug-likeness (QED) is 0.652. The van der Waals surface area contributed by atoms with E-state index in [0.717, 1.165) is 16.6 Å². The highest BCUT2D eigenvalue weighted by atomic mass is 16.6. The average molecular weight is 244 g/mol. The third kappa shape index (κ3) is 3.20. The molecule has 0 aliphatic rings. The van der Waals surface area contributed by atoms with Crippen molar-refractivity contribution in [3.05, 3.63) is 36.2 Å². The van der Waals surface area contributed by atoms with Crippen LogP contribution >= 0.6 is 0 Å². The number of hydrogen-bond acceptors (Lipinski definition) is 3. The van der Waals surface area contributed by atoms with Crippen molar-refractivity contribution in [3.63, 3.8) is 0 Å². The zero-order valence-electron chi connectivity index (χ0n) is 10.7. The van der Waals surface area contributed by atoms with Crippen LogP contribution in [0.1, 0.15) is 26.3 Å². The summed E-state index contributed by atoms with van der Waals surface area (Å²) < 4.78 is 5.18. The van der Waals surface area contributed by atoms with Crippen molar-refractivity contribution in [1.29, 1.82) is 0 Å². The summed E-state index contributed by atoms with van der Waals surface area (Å²) in [6, 6.07) is 3.90. The van der Waals surface area contributed by atoms with Crippen molar-refractivity contribution >= 4 is 23.1 Å². The van der Waals surface area contributed by atoms with Gasteiger partial charge in [-0.15, -0.1) is 0 Å². The Morgan fingerprint density at radius 1 is 1.44 bits per heavy atom. The lowest BCUT2D eigenvalue weighted by Crippen LogP contribution is -2.22. The monoisotopic (exact) mass is 244 g/mol. The van der Waals surface area contributed by atoms with Crippen molar-refractivity contribution < 1.29 is 9.53 Å². The molecule has 0 fully saturated rings. The summed E-state index contributed by atoms with van der Waals surface area (Å²) >= 11 is 0. The fourth-order valence-corrected chi connectivity index (χ4v) is 1.55. The largest absolute Gasteiger partial charge is 0.457 e. The Hall–Kier alpha value is -2.10. The van der Waals surface area contributed by atoms with E-state index in [1.807, 2.05) is 39.1 Å². The van der Waals surface area contributed by atoms with Gasteiger partial charge in [0.25, 0.3) is 0 Å². The Morgan fingerprint density at radius 2 is 2.22 bits per heavy atom. The van der Waals surface area contributed by atoms with E-state index in [0.29, 0.717) is 0 Å². The average Bonchev–Trinajstić information content (AvgIpc) is 2.71. The van der Waals surface area contributed by atoms with Crippen LogP contribution in [0.15, 0.2) is 30.6 Å². The van der Waals surface area contributed by atoms with E-state index in [2.05, 4.69) is 9.97 Å². The van der Waals surface area contributed by atoms with Gasteiger partial charge in [0.1, 0.15) is 11.2 Å². The smallest absolute Gasteiger partial charge is 0.331 e. The molecule has 0 unspecified atom stereocenters. The van der Waals surface area contributed by atoms with Crippen molar-refractivity contribution in [2.24, 2.45) is 0 Å². The van der Waals surface area contributed by atoms with E-state index in [4.69, 9.17) is 4.74 Å². The minimum atomic E-state index is -0.468. The first kappa shape index (κ1) is 12.4. The zero-order chi connectivity index (χ0) is 13.2. The number of hydrogen-bond donors (Lipinski definition) is 1. The molecule has 0 bridgehead atoms. The molecule has 1 N–H and O–H groups in total. The first-order valence-corrected chi connectivity index (χ1v) is 5.78. The maximum Gasteiger partial charge on any atom is 0.331 e. The summed E-state index contributed by atoms with van der Waals surface area (Å²) in [4.78, 5) is 18.8. The molecule has 18 heavy (non-hydrogen) atoms. The summed E-state index contributed by atoms with van der Waals surface area (Å²) in [7, 11) is 0. The molecule has 94 valence electrons. The van der Waals surface area contributed by atoms with Gasteiger partial charge in [-0.05, 0) is 44.5 Å². The van der Waals surface area contributed by atoms with Crippen LogP contribution in [-0.4, -0.2) is 21.5 Å². The van der Waals surface area contributed by atoms with E-state index >= 15 is 0 Å². The third-order valence-corrected chi connectivity index (χ3v) is 2.24. The van der Waals surface area contributed by atoms with Crippen LogP contribution in [-0.2, 0) is 9.53 Å². The second kappa shape index (κ2) is 4.64. The molecule has 0 radical (unpaired) electrons. The van der Waals surface area contributed by atoms with Gasteiger partial charge in [-0.2, -0.15) is 0 Å². The van der Waals surface area contributed by atoms with Crippen LogP contribution < -0.4 is 0 Å². The van der Waals surface area contributed by atoms with Gasteiger partial charge in [-0.1, -0.05) is 0 Å².